The largest absolute Gasteiger partial charge is 0.164 e. The molecule has 0 N–H and O–H groups in total. The minimum atomic E-state index is -1.25. The van der Waals surface area contributed by atoms with Gasteiger partial charge in [0.2, 0.25) is 0 Å². The van der Waals surface area contributed by atoms with Crippen molar-refractivity contribution in [1.29, 1.82) is 0 Å². The van der Waals surface area contributed by atoms with E-state index in [4.69, 9.17) is 0 Å². The zero-order valence-electron chi connectivity index (χ0n) is 8.86. The van der Waals surface area contributed by atoms with Gasteiger partial charge in [-0.25, -0.2) is 0 Å². The van der Waals surface area contributed by atoms with Crippen LogP contribution in [0, 0.1) is 0 Å². The highest BCUT2D eigenvalue weighted by Gasteiger charge is 2.08. The van der Waals surface area contributed by atoms with Crippen molar-refractivity contribution in [2.24, 2.45) is 0 Å². The van der Waals surface area contributed by atoms with Gasteiger partial charge in [-0.05, 0) is 34.8 Å². The van der Waals surface area contributed by atoms with Gasteiger partial charge in [-0.3, -0.25) is 0 Å². The van der Waals surface area contributed by atoms with Gasteiger partial charge in [0.1, 0.15) is 0 Å². The predicted octanol–water partition coefficient (Wildman–Crippen LogP) is 3.95. The number of allylic oxidation sites excluding steroid dienone is 4. The Labute approximate surface area is 92.4 Å². The second kappa shape index (κ2) is 4.11. The lowest BCUT2D eigenvalue weighted by Gasteiger charge is -2.20. The third-order valence-corrected chi connectivity index (χ3v) is 5.19. The molecule has 0 aromatic heterocycles. The van der Waals surface area contributed by atoms with E-state index in [-0.39, 0.29) is 0 Å². The Kier molecular flexibility index (Phi) is 2.83. The number of benzene rings is 1. The highest BCUT2D eigenvalue weighted by Crippen LogP contribution is 2.43. The van der Waals surface area contributed by atoms with Crippen LogP contribution in [0.1, 0.15) is 12.8 Å². The van der Waals surface area contributed by atoms with Gasteiger partial charge in [0, 0.05) is 0 Å². The highest BCUT2D eigenvalue weighted by atomic mass is 32.2. The maximum Gasteiger partial charge on any atom is -0.000129 e. The van der Waals surface area contributed by atoms with E-state index in [2.05, 4.69) is 54.2 Å². The fourth-order valence-corrected chi connectivity index (χ4v) is 3.57. The lowest BCUT2D eigenvalue weighted by Crippen LogP contribution is -1.90. The minimum Gasteiger partial charge on any atom is -0.164 e. The maximum absolute atomic E-state index is 4.33. The Balaban J connectivity index is 2.44. The lowest BCUT2D eigenvalue weighted by molar-refractivity contribution is 1.02. The van der Waals surface area contributed by atoms with Gasteiger partial charge >= 0.3 is 0 Å². The molecule has 78 valence electrons. The van der Waals surface area contributed by atoms with E-state index in [1.54, 1.807) is 0 Å². The Morgan fingerprint density at radius 2 is 1.80 bits per heavy atom. The first-order chi connectivity index (χ1) is 7.21. The van der Waals surface area contributed by atoms with Gasteiger partial charge in [-0.2, -0.15) is 9.21 Å². The molecule has 0 fully saturated rings. The van der Waals surface area contributed by atoms with E-state index in [1.807, 2.05) is 6.07 Å². The van der Waals surface area contributed by atoms with Gasteiger partial charge in [0.05, 0.1) is 0 Å². The smallest absolute Gasteiger partial charge is 0.000129 e. The fraction of sp³-hybridized carbons (Fsp3) is 0.143. The average molecular weight is 216 g/mol. The van der Waals surface area contributed by atoms with Crippen LogP contribution >= 0.6 is 9.21 Å². The van der Waals surface area contributed by atoms with Gasteiger partial charge in [0.25, 0.3) is 0 Å². The molecule has 15 heavy (non-hydrogen) atoms. The monoisotopic (exact) mass is 216 g/mol. The van der Waals surface area contributed by atoms with E-state index in [1.165, 1.54) is 9.80 Å². The van der Waals surface area contributed by atoms with Gasteiger partial charge in [-0.1, -0.05) is 48.2 Å². The van der Waals surface area contributed by atoms with E-state index in [0.717, 1.165) is 12.8 Å². The van der Waals surface area contributed by atoms with Gasteiger partial charge < -0.3 is 0 Å². The standard InChI is InChI=1S/C14H16S/c1-15(2,13-9-5-3-6-10-13)14-11-7-4-8-12-14/h3-7,9-11H,1-2,8,12H2. The Morgan fingerprint density at radius 1 is 1.07 bits per heavy atom. The summed E-state index contributed by atoms with van der Waals surface area (Å²) in [6.07, 6.45) is 8.74. The first-order valence-corrected chi connectivity index (χ1v) is 7.08. The first kappa shape index (κ1) is 10.3. The molecule has 1 heteroatoms. The third kappa shape index (κ3) is 2.07. The van der Waals surface area contributed by atoms with Crippen LogP contribution in [0.5, 0.6) is 0 Å². The SMILES string of the molecule is C=S(=C)(C1=CC=CCC1)c1ccccc1. The van der Waals surface area contributed by atoms with Gasteiger partial charge in [0.15, 0.2) is 0 Å². The van der Waals surface area contributed by atoms with Crippen molar-refractivity contribution >= 4 is 20.9 Å². The van der Waals surface area contributed by atoms with Crippen LogP contribution in [0.4, 0.5) is 0 Å². The van der Waals surface area contributed by atoms with Crippen LogP contribution in [-0.2, 0) is 0 Å². The molecule has 0 heterocycles. The summed E-state index contributed by atoms with van der Waals surface area (Å²) < 4.78 is 0. The molecule has 0 saturated heterocycles. The Morgan fingerprint density at radius 3 is 2.40 bits per heavy atom. The summed E-state index contributed by atoms with van der Waals surface area (Å²) in [5, 5.41) is 0. The molecule has 0 aliphatic heterocycles. The van der Waals surface area contributed by atoms with Crippen molar-refractivity contribution in [2.75, 3.05) is 0 Å². The molecular weight excluding hydrogens is 200 g/mol. The zero-order chi connectivity index (χ0) is 10.7. The second-order valence-electron chi connectivity index (χ2n) is 3.80. The third-order valence-electron chi connectivity index (χ3n) is 2.67. The molecule has 1 aromatic rings. The number of hydrogen-bond acceptors (Lipinski definition) is 0. The van der Waals surface area contributed by atoms with Crippen molar-refractivity contribution in [2.45, 2.75) is 17.7 Å². The molecule has 2 rings (SSSR count). The van der Waals surface area contributed by atoms with Crippen molar-refractivity contribution < 1.29 is 0 Å². The molecular formula is C14H16S. The average Bonchev–Trinajstić information content (AvgIpc) is 2.31. The van der Waals surface area contributed by atoms with Crippen molar-refractivity contribution in [3.8, 4) is 0 Å². The van der Waals surface area contributed by atoms with Crippen LogP contribution in [-0.4, -0.2) is 11.7 Å². The summed E-state index contributed by atoms with van der Waals surface area (Å²) in [6, 6.07) is 10.4. The highest BCUT2D eigenvalue weighted by molar-refractivity contribution is 8.30. The summed E-state index contributed by atoms with van der Waals surface area (Å²) in [6.45, 7) is 0. The van der Waals surface area contributed by atoms with Crippen molar-refractivity contribution in [3.63, 3.8) is 0 Å². The lowest BCUT2D eigenvalue weighted by atomic mass is 10.2. The minimum absolute atomic E-state index is 1.10. The summed E-state index contributed by atoms with van der Waals surface area (Å²) in [5.74, 6) is 8.67. The van der Waals surface area contributed by atoms with Crippen LogP contribution in [0.3, 0.4) is 0 Å². The topological polar surface area (TPSA) is 0 Å². The number of rotatable bonds is 2. The molecule has 0 nitrogen and oxygen atoms in total. The summed E-state index contributed by atoms with van der Waals surface area (Å²) in [7, 11) is -1.25. The van der Waals surface area contributed by atoms with E-state index in [9.17, 15) is 0 Å². The first-order valence-electron chi connectivity index (χ1n) is 5.11. The van der Waals surface area contributed by atoms with Crippen molar-refractivity contribution in [1.82, 2.24) is 0 Å². The molecule has 0 atom stereocenters. The molecule has 0 amide bonds. The van der Waals surface area contributed by atoms with E-state index in [0.29, 0.717) is 0 Å². The molecule has 0 unspecified atom stereocenters. The molecule has 1 aromatic carbocycles. The maximum atomic E-state index is 4.33. The summed E-state index contributed by atoms with van der Waals surface area (Å²) >= 11 is 0. The summed E-state index contributed by atoms with van der Waals surface area (Å²) in [4.78, 5) is 2.67. The molecule has 0 spiro atoms. The predicted molar refractivity (Wildman–Crippen MR) is 73.0 cm³/mol. The number of hydrogen-bond donors (Lipinski definition) is 0. The normalized spacial score (nSPS) is 16.1. The van der Waals surface area contributed by atoms with Crippen LogP contribution in [0.25, 0.3) is 0 Å². The van der Waals surface area contributed by atoms with Crippen LogP contribution in [0.2, 0.25) is 0 Å². The second-order valence-corrected chi connectivity index (χ2v) is 6.56. The molecule has 1 aliphatic carbocycles. The van der Waals surface area contributed by atoms with Crippen molar-refractivity contribution in [3.05, 3.63) is 53.5 Å². The van der Waals surface area contributed by atoms with E-state index < -0.39 is 9.21 Å². The summed E-state index contributed by atoms with van der Waals surface area (Å²) in [5.41, 5.74) is 0. The van der Waals surface area contributed by atoms with E-state index >= 15 is 0 Å². The van der Waals surface area contributed by atoms with Crippen LogP contribution in [0.15, 0.2) is 58.4 Å². The molecule has 0 saturated carbocycles. The fourth-order valence-electron chi connectivity index (χ4n) is 1.74. The Bertz CT molecular complexity index is 487. The van der Waals surface area contributed by atoms with Gasteiger partial charge in [-0.15, -0.1) is 0 Å². The quantitative estimate of drug-likeness (QED) is 0.657. The molecule has 0 bridgehead atoms. The molecule has 0 radical (unpaired) electrons. The van der Waals surface area contributed by atoms with Crippen LogP contribution < -0.4 is 0 Å². The Hall–Kier alpha value is -1.21. The zero-order valence-corrected chi connectivity index (χ0v) is 9.67. The molecule has 1 aliphatic rings.